The number of hydrogen-bond acceptors (Lipinski definition) is 4. The Bertz CT molecular complexity index is 322. The van der Waals surface area contributed by atoms with Crippen LogP contribution in [0.5, 0.6) is 0 Å². The van der Waals surface area contributed by atoms with Crippen molar-refractivity contribution in [2.45, 2.75) is 13.3 Å². The molecule has 0 aliphatic rings. The van der Waals surface area contributed by atoms with Crippen molar-refractivity contribution in [3.05, 3.63) is 29.8 Å². The molecule has 0 aliphatic carbocycles. The summed E-state index contributed by atoms with van der Waals surface area (Å²) < 4.78 is 10.0. The standard InChI is InChI=1S/C12H17NO3/c1-2-15-7-8-16-12(14)9-10-3-5-11(13)6-4-10/h3-6H,2,7-9,13H2,1H3. The van der Waals surface area contributed by atoms with Gasteiger partial charge in [-0.1, -0.05) is 12.1 Å². The smallest absolute Gasteiger partial charge is 0.310 e. The second kappa shape index (κ2) is 6.85. The van der Waals surface area contributed by atoms with Crippen molar-refractivity contribution in [2.24, 2.45) is 0 Å². The van der Waals surface area contributed by atoms with Crippen LogP contribution in [-0.2, 0) is 20.7 Å². The van der Waals surface area contributed by atoms with Crippen molar-refractivity contribution in [3.8, 4) is 0 Å². The first kappa shape index (κ1) is 12.5. The molecule has 16 heavy (non-hydrogen) atoms. The van der Waals surface area contributed by atoms with Gasteiger partial charge in [-0.3, -0.25) is 4.79 Å². The summed E-state index contributed by atoms with van der Waals surface area (Å²) in [7, 11) is 0. The van der Waals surface area contributed by atoms with Gasteiger partial charge in [0.05, 0.1) is 13.0 Å². The van der Waals surface area contributed by atoms with Crippen molar-refractivity contribution in [1.29, 1.82) is 0 Å². The van der Waals surface area contributed by atoms with E-state index in [4.69, 9.17) is 15.2 Å². The molecule has 0 heterocycles. The number of nitrogen functional groups attached to an aromatic ring is 1. The second-order valence-electron chi connectivity index (χ2n) is 3.34. The van der Waals surface area contributed by atoms with Crippen LogP contribution < -0.4 is 5.73 Å². The highest BCUT2D eigenvalue weighted by molar-refractivity contribution is 5.72. The molecule has 0 saturated heterocycles. The third kappa shape index (κ3) is 4.79. The zero-order valence-corrected chi connectivity index (χ0v) is 9.44. The number of benzene rings is 1. The van der Waals surface area contributed by atoms with Gasteiger partial charge in [-0.25, -0.2) is 0 Å². The SMILES string of the molecule is CCOCCOC(=O)Cc1ccc(N)cc1. The normalized spacial score (nSPS) is 10.1. The average Bonchev–Trinajstić information content (AvgIpc) is 2.28. The summed E-state index contributed by atoms with van der Waals surface area (Å²) in [5, 5.41) is 0. The first-order valence-corrected chi connectivity index (χ1v) is 5.30. The average molecular weight is 223 g/mol. The van der Waals surface area contributed by atoms with E-state index in [1.165, 1.54) is 0 Å². The molecular weight excluding hydrogens is 206 g/mol. The minimum absolute atomic E-state index is 0.246. The highest BCUT2D eigenvalue weighted by Gasteiger charge is 2.04. The van der Waals surface area contributed by atoms with E-state index in [0.29, 0.717) is 25.5 Å². The number of ether oxygens (including phenoxy) is 2. The Labute approximate surface area is 95.3 Å². The quantitative estimate of drug-likeness (QED) is 0.450. The molecule has 0 unspecified atom stereocenters. The monoisotopic (exact) mass is 223 g/mol. The predicted molar refractivity (Wildman–Crippen MR) is 62.0 cm³/mol. The Kier molecular flexibility index (Phi) is 5.36. The molecule has 0 aromatic heterocycles. The molecule has 0 atom stereocenters. The molecule has 1 rings (SSSR count). The van der Waals surface area contributed by atoms with Crippen LogP contribution in [0, 0.1) is 0 Å². The number of rotatable bonds is 6. The van der Waals surface area contributed by atoms with Crippen molar-refractivity contribution in [1.82, 2.24) is 0 Å². The van der Waals surface area contributed by atoms with Crippen LogP contribution in [0.3, 0.4) is 0 Å². The van der Waals surface area contributed by atoms with Crippen molar-refractivity contribution >= 4 is 11.7 Å². The van der Waals surface area contributed by atoms with Gasteiger partial charge in [0.15, 0.2) is 0 Å². The molecule has 88 valence electrons. The largest absolute Gasteiger partial charge is 0.463 e. The van der Waals surface area contributed by atoms with E-state index < -0.39 is 0 Å². The van der Waals surface area contributed by atoms with Crippen molar-refractivity contribution in [2.75, 3.05) is 25.6 Å². The maximum Gasteiger partial charge on any atom is 0.310 e. The molecule has 0 saturated carbocycles. The van der Waals surface area contributed by atoms with Gasteiger partial charge in [0.25, 0.3) is 0 Å². The van der Waals surface area contributed by atoms with E-state index in [1.54, 1.807) is 12.1 Å². The number of nitrogens with two attached hydrogens (primary N) is 1. The number of carbonyl (C=O) groups excluding carboxylic acids is 1. The summed E-state index contributed by atoms with van der Waals surface area (Å²) in [6.45, 7) is 3.29. The maximum absolute atomic E-state index is 11.4. The Morgan fingerprint density at radius 1 is 1.25 bits per heavy atom. The lowest BCUT2D eigenvalue weighted by molar-refractivity contribution is -0.144. The molecule has 0 fully saturated rings. The number of hydrogen-bond donors (Lipinski definition) is 1. The van der Waals surface area contributed by atoms with Gasteiger partial charge >= 0.3 is 5.97 Å². The van der Waals surface area contributed by atoms with Gasteiger partial charge < -0.3 is 15.2 Å². The van der Waals surface area contributed by atoms with E-state index in [1.807, 2.05) is 19.1 Å². The zero-order chi connectivity index (χ0) is 11.8. The summed E-state index contributed by atoms with van der Waals surface area (Å²) in [5.74, 6) is -0.246. The Morgan fingerprint density at radius 3 is 2.56 bits per heavy atom. The van der Waals surface area contributed by atoms with Crippen LogP contribution >= 0.6 is 0 Å². The summed E-state index contributed by atoms with van der Waals surface area (Å²) in [6.07, 6.45) is 0.270. The summed E-state index contributed by atoms with van der Waals surface area (Å²) in [4.78, 5) is 11.4. The summed E-state index contributed by atoms with van der Waals surface area (Å²) in [6, 6.07) is 7.17. The van der Waals surface area contributed by atoms with Crippen LogP contribution in [0.15, 0.2) is 24.3 Å². The number of esters is 1. The molecule has 4 nitrogen and oxygen atoms in total. The Morgan fingerprint density at radius 2 is 1.94 bits per heavy atom. The molecule has 2 N–H and O–H groups in total. The van der Waals surface area contributed by atoms with Gasteiger partial charge in [-0.2, -0.15) is 0 Å². The molecule has 1 aromatic rings. The molecule has 4 heteroatoms. The zero-order valence-electron chi connectivity index (χ0n) is 9.44. The van der Waals surface area contributed by atoms with Gasteiger partial charge in [0, 0.05) is 12.3 Å². The van der Waals surface area contributed by atoms with E-state index in [-0.39, 0.29) is 12.4 Å². The summed E-state index contributed by atoms with van der Waals surface area (Å²) >= 11 is 0. The van der Waals surface area contributed by atoms with Crippen LogP contribution in [0.25, 0.3) is 0 Å². The van der Waals surface area contributed by atoms with E-state index >= 15 is 0 Å². The van der Waals surface area contributed by atoms with E-state index in [0.717, 1.165) is 5.56 Å². The minimum atomic E-state index is -0.246. The van der Waals surface area contributed by atoms with Crippen LogP contribution in [0.2, 0.25) is 0 Å². The predicted octanol–water partition coefficient (Wildman–Crippen LogP) is 1.39. The lowest BCUT2D eigenvalue weighted by Gasteiger charge is -2.05. The van der Waals surface area contributed by atoms with Crippen LogP contribution in [0.4, 0.5) is 5.69 Å². The molecule has 0 amide bonds. The van der Waals surface area contributed by atoms with Gasteiger partial charge in [0.2, 0.25) is 0 Å². The van der Waals surface area contributed by atoms with Crippen molar-refractivity contribution in [3.63, 3.8) is 0 Å². The van der Waals surface area contributed by atoms with Gasteiger partial charge in [0.1, 0.15) is 6.61 Å². The fraction of sp³-hybridized carbons (Fsp3) is 0.417. The molecule has 0 radical (unpaired) electrons. The topological polar surface area (TPSA) is 61.5 Å². The molecule has 1 aromatic carbocycles. The van der Waals surface area contributed by atoms with Crippen LogP contribution in [-0.4, -0.2) is 25.8 Å². The third-order valence-electron chi connectivity index (χ3n) is 2.02. The Balaban J connectivity index is 2.26. The summed E-state index contributed by atoms with van der Waals surface area (Å²) in [5.41, 5.74) is 7.13. The second-order valence-corrected chi connectivity index (χ2v) is 3.34. The molecule has 0 bridgehead atoms. The lowest BCUT2D eigenvalue weighted by atomic mass is 10.1. The fourth-order valence-electron chi connectivity index (χ4n) is 1.21. The highest BCUT2D eigenvalue weighted by Crippen LogP contribution is 2.06. The van der Waals surface area contributed by atoms with E-state index in [9.17, 15) is 4.79 Å². The molecule has 0 spiro atoms. The van der Waals surface area contributed by atoms with Gasteiger partial charge in [-0.05, 0) is 24.6 Å². The number of anilines is 1. The maximum atomic E-state index is 11.4. The van der Waals surface area contributed by atoms with Crippen LogP contribution in [0.1, 0.15) is 12.5 Å². The first-order chi connectivity index (χ1) is 7.72. The number of carbonyl (C=O) groups is 1. The first-order valence-electron chi connectivity index (χ1n) is 5.30. The third-order valence-corrected chi connectivity index (χ3v) is 2.02. The van der Waals surface area contributed by atoms with E-state index in [2.05, 4.69) is 0 Å². The van der Waals surface area contributed by atoms with Crippen molar-refractivity contribution < 1.29 is 14.3 Å². The minimum Gasteiger partial charge on any atom is -0.463 e. The highest BCUT2D eigenvalue weighted by atomic mass is 16.6. The molecule has 0 aliphatic heterocycles. The Hall–Kier alpha value is -1.55. The van der Waals surface area contributed by atoms with Gasteiger partial charge in [-0.15, -0.1) is 0 Å². The molecular formula is C12H17NO3. The lowest BCUT2D eigenvalue weighted by Crippen LogP contribution is -2.12. The fourth-order valence-corrected chi connectivity index (χ4v) is 1.21.